The first kappa shape index (κ1) is 18.8. The first-order valence-electron chi connectivity index (χ1n) is 8.13. The van der Waals surface area contributed by atoms with E-state index in [2.05, 4.69) is 15.9 Å². The highest BCUT2D eigenvalue weighted by atomic mass is 79.9. The number of ether oxygens (including phenoxy) is 2. The summed E-state index contributed by atoms with van der Waals surface area (Å²) < 4.78 is 50.1. The van der Waals surface area contributed by atoms with Gasteiger partial charge in [0, 0.05) is 18.7 Å². The van der Waals surface area contributed by atoms with Crippen molar-refractivity contribution in [2.24, 2.45) is 11.8 Å². The fourth-order valence-electron chi connectivity index (χ4n) is 3.55. The monoisotopic (exact) mass is 432 g/mol. The Bertz CT molecular complexity index is 763. The molecule has 2 fully saturated rings. The molecule has 0 bridgehead atoms. The lowest BCUT2D eigenvalue weighted by molar-refractivity contribution is -0.159. The molecule has 0 aromatic heterocycles. The number of halogens is 4. The van der Waals surface area contributed by atoms with E-state index in [4.69, 9.17) is 14.7 Å². The Morgan fingerprint density at radius 3 is 2.73 bits per heavy atom. The van der Waals surface area contributed by atoms with Crippen LogP contribution in [0.25, 0.3) is 0 Å². The van der Waals surface area contributed by atoms with Gasteiger partial charge in [0.2, 0.25) is 0 Å². The molecule has 0 N–H and O–H groups in total. The summed E-state index contributed by atoms with van der Waals surface area (Å²) in [5.74, 6) is -1.84. The van der Waals surface area contributed by atoms with Crippen LogP contribution in [0.2, 0.25) is 0 Å². The number of amides is 1. The van der Waals surface area contributed by atoms with Crippen LogP contribution in [-0.4, -0.2) is 42.8 Å². The van der Waals surface area contributed by atoms with E-state index in [0.29, 0.717) is 35.4 Å². The second-order valence-corrected chi connectivity index (χ2v) is 7.07. The van der Waals surface area contributed by atoms with Crippen LogP contribution in [0.3, 0.4) is 0 Å². The topological polar surface area (TPSA) is 62.6 Å². The third-order valence-corrected chi connectivity index (χ3v) is 5.26. The van der Waals surface area contributed by atoms with Crippen molar-refractivity contribution >= 4 is 21.8 Å². The Morgan fingerprint density at radius 1 is 1.42 bits per heavy atom. The zero-order valence-electron chi connectivity index (χ0n) is 13.8. The fourth-order valence-corrected chi connectivity index (χ4v) is 4.10. The van der Waals surface area contributed by atoms with Gasteiger partial charge in [-0.15, -0.1) is 0 Å². The van der Waals surface area contributed by atoms with Crippen LogP contribution in [0.5, 0.6) is 11.5 Å². The van der Waals surface area contributed by atoms with Crippen LogP contribution in [-0.2, 0) is 4.79 Å². The average Bonchev–Trinajstić information content (AvgIpc) is 3.15. The van der Waals surface area contributed by atoms with Gasteiger partial charge in [-0.25, -0.2) is 0 Å². The number of hydrogen-bond acceptors (Lipinski definition) is 4. The Labute approximate surface area is 156 Å². The molecular formula is C17H16BrF3N2O3. The molecule has 1 aromatic rings. The number of nitrogens with zero attached hydrogens (tertiary/aromatic N) is 2. The number of benzene rings is 1. The molecule has 9 heteroatoms. The number of alkyl halides is 3. The summed E-state index contributed by atoms with van der Waals surface area (Å²) in [4.78, 5) is 13.6. The van der Waals surface area contributed by atoms with Crippen molar-refractivity contribution in [2.45, 2.75) is 25.6 Å². The fraction of sp³-hybridized carbons (Fsp3) is 0.529. The normalized spacial score (nSPS) is 24.0. The highest BCUT2D eigenvalue weighted by molar-refractivity contribution is 9.10. The standard InChI is InChI=1S/C17H16BrF3N2O3/c1-2-25-12-6-9(7-22)5-11(18)16(12)26-8-13(24)23-4-3-10-14(15(10)23)17(19,20)21/h5-6,10,14-15H,2-4,8H2,1H3/t10-,14-,15+/m0/s1. The lowest BCUT2D eigenvalue weighted by Crippen LogP contribution is -2.38. The predicted molar refractivity (Wildman–Crippen MR) is 88.7 cm³/mol. The van der Waals surface area contributed by atoms with Crippen LogP contribution in [0.15, 0.2) is 16.6 Å². The second-order valence-electron chi connectivity index (χ2n) is 6.22. The van der Waals surface area contributed by atoms with Gasteiger partial charge in [-0.3, -0.25) is 4.79 Å². The summed E-state index contributed by atoms with van der Waals surface area (Å²) in [6.07, 6.45) is -3.90. The van der Waals surface area contributed by atoms with Gasteiger partial charge in [-0.05, 0) is 41.3 Å². The Morgan fingerprint density at radius 2 is 2.15 bits per heavy atom. The average molecular weight is 433 g/mol. The smallest absolute Gasteiger partial charge is 0.394 e. The van der Waals surface area contributed by atoms with E-state index >= 15 is 0 Å². The van der Waals surface area contributed by atoms with Crippen molar-refractivity contribution in [1.29, 1.82) is 5.26 Å². The Kier molecular flexibility index (Phi) is 5.06. The molecule has 1 saturated carbocycles. The number of hydrogen-bond donors (Lipinski definition) is 0. The highest BCUT2D eigenvalue weighted by Crippen LogP contribution is 2.58. The molecule has 1 aliphatic heterocycles. The Balaban J connectivity index is 1.68. The van der Waals surface area contributed by atoms with Crippen LogP contribution < -0.4 is 9.47 Å². The lowest BCUT2D eigenvalue weighted by Gasteiger charge is -2.22. The summed E-state index contributed by atoms with van der Waals surface area (Å²) in [6, 6.07) is 4.23. The number of carbonyl (C=O) groups excluding carboxylic acids is 1. The maximum Gasteiger partial charge on any atom is 0.394 e. The quantitative estimate of drug-likeness (QED) is 0.713. The van der Waals surface area contributed by atoms with E-state index in [-0.39, 0.29) is 5.75 Å². The molecule has 26 heavy (non-hydrogen) atoms. The summed E-state index contributed by atoms with van der Waals surface area (Å²) >= 11 is 3.27. The van der Waals surface area contributed by atoms with E-state index in [9.17, 15) is 18.0 Å². The minimum atomic E-state index is -4.27. The molecule has 0 unspecified atom stereocenters. The van der Waals surface area contributed by atoms with Crippen LogP contribution in [0.1, 0.15) is 18.9 Å². The summed E-state index contributed by atoms with van der Waals surface area (Å²) in [5.41, 5.74) is 0.354. The summed E-state index contributed by atoms with van der Waals surface area (Å²) in [6.45, 7) is 2.01. The maximum absolute atomic E-state index is 12.9. The van der Waals surface area contributed by atoms with E-state index in [1.165, 1.54) is 17.0 Å². The van der Waals surface area contributed by atoms with Crippen molar-refractivity contribution in [1.82, 2.24) is 4.90 Å². The number of fused-ring (bicyclic) bond motifs is 1. The third-order valence-electron chi connectivity index (χ3n) is 4.67. The van der Waals surface area contributed by atoms with Gasteiger partial charge in [-0.1, -0.05) is 0 Å². The number of nitriles is 1. The number of rotatable bonds is 5. The first-order chi connectivity index (χ1) is 12.3. The summed E-state index contributed by atoms with van der Waals surface area (Å²) in [5, 5.41) is 9.01. The third kappa shape index (κ3) is 3.47. The molecule has 2 aliphatic rings. The molecule has 1 amide bonds. The van der Waals surface area contributed by atoms with Gasteiger partial charge in [-0.2, -0.15) is 18.4 Å². The minimum absolute atomic E-state index is 0.248. The molecule has 5 nitrogen and oxygen atoms in total. The lowest BCUT2D eigenvalue weighted by atomic mass is 10.2. The van der Waals surface area contributed by atoms with Crippen molar-refractivity contribution < 1.29 is 27.4 Å². The molecule has 140 valence electrons. The molecule has 1 aromatic carbocycles. The van der Waals surface area contributed by atoms with Gasteiger partial charge in [0.15, 0.2) is 18.1 Å². The second kappa shape index (κ2) is 6.99. The number of piperidine rings is 1. The van der Waals surface area contributed by atoms with E-state index in [0.717, 1.165) is 0 Å². The minimum Gasteiger partial charge on any atom is -0.490 e. The van der Waals surface area contributed by atoms with Gasteiger partial charge >= 0.3 is 6.18 Å². The molecule has 1 heterocycles. The highest BCUT2D eigenvalue weighted by Gasteiger charge is 2.69. The number of likely N-dealkylation sites (tertiary alicyclic amines) is 1. The van der Waals surface area contributed by atoms with Crippen molar-refractivity contribution in [2.75, 3.05) is 19.8 Å². The molecule has 1 saturated heterocycles. The number of carbonyl (C=O) groups is 1. The predicted octanol–water partition coefficient (Wildman–Crippen LogP) is 3.51. The summed E-state index contributed by atoms with van der Waals surface area (Å²) in [7, 11) is 0. The molecule has 1 aliphatic carbocycles. The van der Waals surface area contributed by atoms with Gasteiger partial charge < -0.3 is 14.4 Å². The maximum atomic E-state index is 12.9. The molecular weight excluding hydrogens is 417 g/mol. The Hall–Kier alpha value is -1.95. The van der Waals surface area contributed by atoms with Crippen molar-refractivity contribution in [3.05, 3.63) is 22.2 Å². The molecule has 0 radical (unpaired) electrons. The van der Waals surface area contributed by atoms with Crippen molar-refractivity contribution in [3.63, 3.8) is 0 Å². The zero-order valence-corrected chi connectivity index (χ0v) is 15.4. The largest absolute Gasteiger partial charge is 0.490 e. The van der Waals surface area contributed by atoms with Gasteiger partial charge in [0.25, 0.3) is 5.91 Å². The van der Waals surface area contributed by atoms with Gasteiger partial charge in [0.05, 0.1) is 28.6 Å². The molecule has 3 rings (SSSR count). The van der Waals surface area contributed by atoms with E-state index in [1.54, 1.807) is 6.92 Å². The van der Waals surface area contributed by atoms with Crippen LogP contribution in [0, 0.1) is 23.2 Å². The van der Waals surface area contributed by atoms with Crippen LogP contribution in [0.4, 0.5) is 13.2 Å². The zero-order chi connectivity index (χ0) is 19.1. The molecule has 0 spiro atoms. The van der Waals surface area contributed by atoms with Crippen LogP contribution >= 0.6 is 15.9 Å². The van der Waals surface area contributed by atoms with Crippen molar-refractivity contribution in [3.8, 4) is 17.6 Å². The van der Waals surface area contributed by atoms with E-state index < -0.39 is 36.6 Å². The van der Waals surface area contributed by atoms with E-state index in [1.807, 2.05) is 6.07 Å². The molecule has 3 atom stereocenters. The van der Waals surface area contributed by atoms with Gasteiger partial charge in [0.1, 0.15) is 0 Å². The SMILES string of the molecule is CCOc1cc(C#N)cc(Br)c1OCC(=O)N1CC[C@@H]2[C@@H]1[C@H]2C(F)(F)F. The first-order valence-corrected chi connectivity index (χ1v) is 8.92.